The van der Waals surface area contributed by atoms with E-state index >= 15 is 0 Å². The van der Waals surface area contributed by atoms with Crippen molar-refractivity contribution >= 4 is 11.6 Å². The maximum absolute atomic E-state index is 10.9. The minimum absolute atomic E-state index is 0.110. The number of methoxy groups -OCH3 is 2. The summed E-state index contributed by atoms with van der Waals surface area (Å²) in [6.45, 7) is 3.36. The molecule has 1 rings (SSSR count). The highest BCUT2D eigenvalue weighted by molar-refractivity contribution is 5.89. The number of hydrogen-bond acceptors (Lipinski definition) is 3. The molecule has 15 heavy (non-hydrogen) atoms. The monoisotopic (exact) mass is 209 g/mol. The minimum atomic E-state index is -0.110. The third-order valence-electron chi connectivity index (χ3n) is 1.98. The summed E-state index contributed by atoms with van der Waals surface area (Å²) in [4.78, 5) is 10.9. The van der Waals surface area contributed by atoms with E-state index in [0.29, 0.717) is 17.2 Å². The van der Waals surface area contributed by atoms with Crippen molar-refractivity contribution in [3.05, 3.63) is 17.7 Å². The number of carbonyl (C=O) groups is 1. The summed E-state index contributed by atoms with van der Waals surface area (Å²) in [5.41, 5.74) is 1.62. The van der Waals surface area contributed by atoms with Crippen molar-refractivity contribution in [3.63, 3.8) is 0 Å². The molecule has 1 amide bonds. The molecule has 0 unspecified atom stereocenters. The molecule has 0 saturated heterocycles. The molecule has 0 saturated carbocycles. The number of ether oxygens (including phenoxy) is 2. The molecule has 0 radical (unpaired) electrons. The van der Waals surface area contributed by atoms with Crippen LogP contribution in [0.2, 0.25) is 0 Å². The van der Waals surface area contributed by atoms with Crippen LogP contribution in [-0.2, 0) is 4.79 Å². The lowest BCUT2D eigenvalue weighted by Gasteiger charge is -2.12. The van der Waals surface area contributed by atoms with E-state index < -0.39 is 0 Å². The van der Waals surface area contributed by atoms with E-state index in [0.717, 1.165) is 5.56 Å². The molecule has 0 heterocycles. The van der Waals surface area contributed by atoms with Gasteiger partial charge in [-0.2, -0.15) is 0 Å². The molecule has 0 aliphatic heterocycles. The third-order valence-corrected chi connectivity index (χ3v) is 1.98. The predicted molar refractivity (Wildman–Crippen MR) is 58.6 cm³/mol. The highest BCUT2D eigenvalue weighted by Gasteiger charge is 2.09. The number of hydrogen-bond donors (Lipinski definition) is 1. The zero-order valence-electron chi connectivity index (χ0n) is 9.38. The Morgan fingerprint density at radius 3 is 2.40 bits per heavy atom. The number of nitrogens with one attached hydrogen (secondary N) is 1. The molecule has 0 aliphatic carbocycles. The lowest BCUT2D eigenvalue weighted by atomic mass is 10.2. The van der Waals surface area contributed by atoms with Crippen LogP contribution in [0.15, 0.2) is 12.1 Å². The van der Waals surface area contributed by atoms with Gasteiger partial charge < -0.3 is 14.8 Å². The van der Waals surface area contributed by atoms with Gasteiger partial charge >= 0.3 is 0 Å². The first-order valence-electron chi connectivity index (χ1n) is 4.58. The number of carbonyl (C=O) groups excluding carboxylic acids is 1. The Bertz CT molecular complexity index is 374. The van der Waals surface area contributed by atoms with Gasteiger partial charge in [-0.1, -0.05) is 0 Å². The van der Waals surface area contributed by atoms with Gasteiger partial charge in [0.2, 0.25) is 5.91 Å². The first kappa shape index (κ1) is 11.4. The van der Waals surface area contributed by atoms with Crippen LogP contribution in [0.3, 0.4) is 0 Å². The topological polar surface area (TPSA) is 47.6 Å². The molecule has 1 N–H and O–H groups in total. The van der Waals surface area contributed by atoms with Crippen LogP contribution in [0.25, 0.3) is 0 Å². The van der Waals surface area contributed by atoms with Gasteiger partial charge in [0.1, 0.15) is 0 Å². The van der Waals surface area contributed by atoms with Gasteiger partial charge in [-0.05, 0) is 18.6 Å². The van der Waals surface area contributed by atoms with E-state index in [1.54, 1.807) is 20.3 Å². The van der Waals surface area contributed by atoms with Crippen LogP contribution < -0.4 is 14.8 Å². The lowest BCUT2D eigenvalue weighted by molar-refractivity contribution is -0.114. The van der Waals surface area contributed by atoms with Crippen molar-refractivity contribution in [2.75, 3.05) is 19.5 Å². The number of anilines is 1. The van der Waals surface area contributed by atoms with Crippen LogP contribution in [-0.4, -0.2) is 20.1 Å². The molecule has 0 aliphatic rings. The number of rotatable bonds is 3. The summed E-state index contributed by atoms with van der Waals surface area (Å²) >= 11 is 0. The Labute approximate surface area is 89.2 Å². The molecule has 0 atom stereocenters. The number of amides is 1. The molecule has 1 aromatic carbocycles. The molecule has 82 valence electrons. The lowest BCUT2D eigenvalue weighted by Crippen LogP contribution is -2.06. The van der Waals surface area contributed by atoms with Crippen molar-refractivity contribution < 1.29 is 14.3 Å². The van der Waals surface area contributed by atoms with Crippen LogP contribution >= 0.6 is 0 Å². The van der Waals surface area contributed by atoms with Crippen LogP contribution in [0.5, 0.6) is 11.5 Å². The average molecular weight is 209 g/mol. The second kappa shape index (κ2) is 4.68. The molecular formula is C11H15NO3. The van der Waals surface area contributed by atoms with Gasteiger partial charge in [-0.3, -0.25) is 4.79 Å². The molecule has 0 bridgehead atoms. The number of benzene rings is 1. The summed E-state index contributed by atoms with van der Waals surface area (Å²) in [6, 6.07) is 3.57. The van der Waals surface area contributed by atoms with E-state index in [4.69, 9.17) is 9.47 Å². The van der Waals surface area contributed by atoms with Gasteiger partial charge in [0.15, 0.2) is 11.5 Å². The first-order chi connectivity index (χ1) is 7.08. The van der Waals surface area contributed by atoms with Crippen molar-refractivity contribution in [2.45, 2.75) is 13.8 Å². The fourth-order valence-electron chi connectivity index (χ4n) is 1.43. The first-order valence-corrected chi connectivity index (χ1v) is 4.58. The summed E-state index contributed by atoms with van der Waals surface area (Å²) in [7, 11) is 3.15. The van der Waals surface area contributed by atoms with Crippen molar-refractivity contribution in [2.24, 2.45) is 0 Å². The Balaban J connectivity index is 3.13. The number of aryl methyl sites for hydroxylation is 1. The minimum Gasteiger partial charge on any atom is -0.493 e. The maximum Gasteiger partial charge on any atom is 0.221 e. The van der Waals surface area contributed by atoms with Gasteiger partial charge in [0.25, 0.3) is 0 Å². The summed E-state index contributed by atoms with van der Waals surface area (Å²) < 4.78 is 10.4. The normalized spacial score (nSPS) is 9.60. The average Bonchev–Trinajstić information content (AvgIpc) is 2.15. The highest BCUT2D eigenvalue weighted by atomic mass is 16.5. The molecule has 4 heteroatoms. The Morgan fingerprint density at radius 1 is 1.27 bits per heavy atom. The van der Waals surface area contributed by atoms with E-state index in [2.05, 4.69) is 5.32 Å². The van der Waals surface area contributed by atoms with Gasteiger partial charge in [0.05, 0.1) is 14.2 Å². The van der Waals surface area contributed by atoms with Gasteiger partial charge in [-0.15, -0.1) is 0 Å². The Hall–Kier alpha value is -1.71. The zero-order valence-corrected chi connectivity index (χ0v) is 9.38. The maximum atomic E-state index is 10.9. The fourth-order valence-corrected chi connectivity index (χ4v) is 1.43. The van der Waals surface area contributed by atoms with Crippen molar-refractivity contribution in [1.29, 1.82) is 0 Å². The summed E-state index contributed by atoms with van der Waals surface area (Å²) in [5, 5.41) is 2.70. The second-order valence-corrected chi connectivity index (χ2v) is 3.21. The Kier molecular flexibility index (Phi) is 3.55. The summed E-state index contributed by atoms with van der Waals surface area (Å²) in [6.07, 6.45) is 0. The summed E-state index contributed by atoms with van der Waals surface area (Å²) in [5.74, 6) is 1.19. The molecule has 0 aromatic heterocycles. The van der Waals surface area contributed by atoms with Gasteiger partial charge in [-0.25, -0.2) is 0 Å². The quantitative estimate of drug-likeness (QED) is 0.827. The van der Waals surface area contributed by atoms with E-state index in [-0.39, 0.29) is 5.91 Å². The molecule has 0 spiro atoms. The molecular weight excluding hydrogens is 194 g/mol. The predicted octanol–water partition coefficient (Wildman–Crippen LogP) is 1.97. The zero-order chi connectivity index (χ0) is 11.4. The second-order valence-electron chi connectivity index (χ2n) is 3.21. The fraction of sp³-hybridized carbons (Fsp3) is 0.364. The van der Waals surface area contributed by atoms with Crippen LogP contribution in [0.1, 0.15) is 12.5 Å². The van der Waals surface area contributed by atoms with E-state index in [1.807, 2.05) is 13.0 Å². The van der Waals surface area contributed by atoms with Gasteiger partial charge in [0, 0.05) is 18.7 Å². The molecule has 4 nitrogen and oxygen atoms in total. The molecule has 1 aromatic rings. The standard InChI is InChI=1S/C11H15NO3/c1-7-5-9(12-8(2)13)6-10(14-3)11(7)15-4/h5-6H,1-4H3,(H,12,13). The van der Waals surface area contributed by atoms with Crippen molar-refractivity contribution in [1.82, 2.24) is 0 Å². The highest BCUT2D eigenvalue weighted by Crippen LogP contribution is 2.33. The van der Waals surface area contributed by atoms with E-state index in [9.17, 15) is 4.79 Å². The van der Waals surface area contributed by atoms with Crippen molar-refractivity contribution in [3.8, 4) is 11.5 Å². The SMILES string of the molecule is COc1cc(NC(C)=O)cc(C)c1OC. The van der Waals surface area contributed by atoms with Crippen LogP contribution in [0.4, 0.5) is 5.69 Å². The Morgan fingerprint density at radius 2 is 1.93 bits per heavy atom. The van der Waals surface area contributed by atoms with Crippen LogP contribution in [0, 0.1) is 6.92 Å². The largest absolute Gasteiger partial charge is 0.493 e. The smallest absolute Gasteiger partial charge is 0.221 e. The molecule has 0 fully saturated rings. The third kappa shape index (κ3) is 2.62. The van der Waals surface area contributed by atoms with E-state index in [1.165, 1.54) is 6.92 Å².